The molecule has 0 aromatic heterocycles. The molecule has 19 heavy (non-hydrogen) atoms. The summed E-state index contributed by atoms with van der Waals surface area (Å²) in [6.45, 7) is 12.7. The van der Waals surface area contributed by atoms with E-state index in [1.54, 1.807) is 20.8 Å². The highest BCUT2D eigenvalue weighted by atomic mass is 16.5. The van der Waals surface area contributed by atoms with Crippen LogP contribution in [0.3, 0.4) is 0 Å². The Morgan fingerprint density at radius 3 is 1.79 bits per heavy atom. The van der Waals surface area contributed by atoms with Crippen LogP contribution in [0.2, 0.25) is 0 Å². The van der Waals surface area contributed by atoms with Crippen LogP contribution in [0, 0.1) is 0 Å². The smallest absolute Gasteiger partial charge is 0.305 e. The lowest BCUT2D eigenvalue weighted by Crippen LogP contribution is -2.15. The van der Waals surface area contributed by atoms with Gasteiger partial charge in [0.25, 0.3) is 0 Å². The summed E-state index contributed by atoms with van der Waals surface area (Å²) in [5.74, 6) is -0.0886. The number of hydrogen-bond acceptors (Lipinski definition) is 4. The second-order valence-electron chi connectivity index (χ2n) is 5.59. The maximum atomic E-state index is 10.8. The van der Waals surface area contributed by atoms with Gasteiger partial charge in [0, 0.05) is 6.42 Å². The molecule has 0 heterocycles. The maximum Gasteiger partial charge on any atom is 0.305 e. The number of esters is 1. The van der Waals surface area contributed by atoms with Crippen LogP contribution in [0.25, 0.3) is 0 Å². The quantitative estimate of drug-likeness (QED) is 0.785. The predicted octanol–water partition coefficient (Wildman–Crippen LogP) is 3.08. The van der Waals surface area contributed by atoms with E-state index in [-0.39, 0.29) is 5.97 Å². The van der Waals surface area contributed by atoms with E-state index >= 15 is 0 Å². The number of rotatable bonds is 5. The molecule has 0 atom stereocenters. The molecule has 0 unspecified atom stereocenters. The van der Waals surface area contributed by atoms with Gasteiger partial charge in [-0.1, -0.05) is 20.3 Å². The molecule has 0 fully saturated rings. The number of carbonyl (C=O) groups is 1. The summed E-state index contributed by atoms with van der Waals surface area (Å²) < 4.78 is 4.77. The Kier molecular flexibility index (Phi) is 19.1. The van der Waals surface area contributed by atoms with E-state index in [4.69, 9.17) is 9.84 Å². The third-order valence-corrected chi connectivity index (χ3v) is 1.29. The van der Waals surface area contributed by atoms with Crippen molar-refractivity contribution in [1.82, 2.24) is 4.90 Å². The van der Waals surface area contributed by atoms with Gasteiger partial charge >= 0.3 is 5.97 Å². The number of nitrogens with zero attached hydrogens (tertiary/aromatic N) is 1. The lowest BCUT2D eigenvalue weighted by molar-refractivity contribution is -0.143. The van der Waals surface area contributed by atoms with Gasteiger partial charge < -0.3 is 14.7 Å². The van der Waals surface area contributed by atoms with Gasteiger partial charge in [-0.05, 0) is 54.8 Å². The molecule has 0 amide bonds. The number of hydrogen-bond donors (Lipinski definition) is 1. The second kappa shape index (κ2) is 15.4. The van der Waals surface area contributed by atoms with Crippen LogP contribution in [0.1, 0.15) is 60.8 Å². The molecule has 4 nitrogen and oxygen atoms in total. The summed E-state index contributed by atoms with van der Waals surface area (Å²) >= 11 is 0. The number of aliphatic hydroxyl groups is 1. The largest absolute Gasteiger partial charge is 0.466 e. The molecule has 0 aromatic rings. The van der Waals surface area contributed by atoms with Crippen LogP contribution in [-0.2, 0) is 9.53 Å². The summed E-state index contributed by atoms with van der Waals surface area (Å²) in [6.07, 6.45) is 2.66. The van der Waals surface area contributed by atoms with Crippen molar-refractivity contribution < 1.29 is 14.6 Å². The number of carbonyl (C=O) groups excluding carboxylic acids is 1. The SMILES string of the molecule is CC(C)(C)O.CCC.CCOC(=O)CCCN(C)C. The van der Waals surface area contributed by atoms with E-state index in [1.807, 2.05) is 21.0 Å². The Morgan fingerprint density at radius 1 is 1.16 bits per heavy atom. The molecule has 0 bridgehead atoms. The lowest BCUT2D eigenvalue weighted by Gasteiger charge is -2.07. The van der Waals surface area contributed by atoms with Crippen LogP contribution < -0.4 is 0 Å². The first-order valence-corrected chi connectivity index (χ1v) is 7.11. The Bertz CT molecular complexity index is 180. The summed E-state index contributed by atoms with van der Waals surface area (Å²) in [4.78, 5) is 12.8. The molecule has 0 spiro atoms. The van der Waals surface area contributed by atoms with Gasteiger partial charge in [-0.15, -0.1) is 0 Å². The van der Waals surface area contributed by atoms with E-state index in [9.17, 15) is 4.79 Å². The van der Waals surface area contributed by atoms with E-state index < -0.39 is 5.60 Å². The Hall–Kier alpha value is -0.610. The fraction of sp³-hybridized carbons (Fsp3) is 0.933. The van der Waals surface area contributed by atoms with E-state index in [1.165, 1.54) is 6.42 Å². The van der Waals surface area contributed by atoms with Crippen LogP contribution >= 0.6 is 0 Å². The van der Waals surface area contributed by atoms with E-state index in [2.05, 4.69) is 18.7 Å². The summed E-state index contributed by atoms with van der Waals surface area (Å²) in [5, 5.41) is 8.52. The monoisotopic (exact) mass is 277 g/mol. The molecule has 0 rings (SSSR count). The van der Waals surface area contributed by atoms with E-state index in [0.717, 1.165) is 13.0 Å². The molecule has 0 radical (unpaired) electrons. The fourth-order valence-corrected chi connectivity index (χ4v) is 0.773. The maximum absolute atomic E-state index is 10.8. The third-order valence-electron chi connectivity index (χ3n) is 1.29. The Morgan fingerprint density at radius 2 is 1.53 bits per heavy atom. The molecule has 0 saturated heterocycles. The number of ether oxygens (including phenoxy) is 1. The van der Waals surface area contributed by atoms with Crippen molar-refractivity contribution in [1.29, 1.82) is 0 Å². The van der Waals surface area contributed by atoms with Crippen molar-refractivity contribution in [2.75, 3.05) is 27.2 Å². The Labute approximate surface area is 120 Å². The van der Waals surface area contributed by atoms with Crippen molar-refractivity contribution >= 4 is 5.97 Å². The van der Waals surface area contributed by atoms with E-state index in [0.29, 0.717) is 13.0 Å². The highest BCUT2D eigenvalue weighted by Crippen LogP contribution is 1.94. The molecule has 1 N–H and O–H groups in total. The van der Waals surface area contributed by atoms with Crippen molar-refractivity contribution in [2.45, 2.75) is 66.4 Å². The van der Waals surface area contributed by atoms with Gasteiger partial charge in [0.2, 0.25) is 0 Å². The normalized spacial score (nSPS) is 10.0. The lowest BCUT2D eigenvalue weighted by atomic mass is 10.2. The van der Waals surface area contributed by atoms with Crippen molar-refractivity contribution in [3.8, 4) is 0 Å². The molecular weight excluding hydrogens is 242 g/mol. The first-order chi connectivity index (χ1) is 8.58. The Balaban J connectivity index is -0.000000266. The summed E-state index contributed by atoms with van der Waals surface area (Å²) in [5.41, 5.74) is -0.500. The predicted molar refractivity (Wildman–Crippen MR) is 82.4 cm³/mol. The molecule has 0 aliphatic rings. The van der Waals surface area contributed by atoms with Gasteiger partial charge in [0.05, 0.1) is 12.2 Å². The van der Waals surface area contributed by atoms with Crippen molar-refractivity contribution in [3.63, 3.8) is 0 Å². The average molecular weight is 277 g/mol. The van der Waals surface area contributed by atoms with Crippen molar-refractivity contribution in [2.24, 2.45) is 0 Å². The van der Waals surface area contributed by atoms with Gasteiger partial charge in [-0.2, -0.15) is 0 Å². The topological polar surface area (TPSA) is 49.8 Å². The third kappa shape index (κ3) is 58.5. The zero-order valence-corrected chi connectivity index (χ0v) is 14.2. The highest BCUT2D eigenvalue weighted by molar-refractivity contribution is 5.69. The van der Waals surface area contributed by atoms with Crippen LogP contribution in [0.15, 0.2) is 0 Å². The fourth-order valence-electron chi connectivity index (χ4n) is 0.773. The minimum atomic E-state index is -0.500. The summed E-state index contributed by atoms with van der Waals surface area (Å²) in [6, 6.07) is 0. The van der Waals surface area contributed by atoms with Gasteiger partial charge in [0.15, 0.2) is 0 Å². The zero-order chi connectivity index (χ0) is 15.9. The minimum Gasteiger partial charge on any atom is -0.466 e. The van der Waals surface area contributed by atoms with Gasteiger partial charge in [-0.3, -0.25) is 4.79 Å². The minimum absolute atomic E-state index is 0.0886. The molecule has 0 saturated carbocycles. The first-order valence-electron chi connectivity index (χ1n) is 7.11. The standard InChI is InChI=1S/C8H17NO2.C4H10O.C3H8/c1-4-11-8(10)6-5-7-9(2)3;1-4(2,3)5;1-3-2/h4-7H2,1-3H3;5H,1-3H3;3H2,1-2H3. The average Bonchev–Trinajstić information content (AvgIpc) is 2.15. The van der Waals surface area contributed by atoms with Crippen LogP contribution in [0.4, 0.5) is 0 Å². The van der Waals surface area contributed by atoms with Crippen LogP contribution in [0.5, 0.6) is 0 Å². The highest BCUT2D eigenvalue weighted by Gasteiger charge is 2.00. The zero-order valence-electron chi connectivity index (χ0n) is 14.2. The molecule has 0 aliphatic heterocycles. The molecule has 0 aromatic carbocycles. The molecule has 4 heteroatoms. The van der Waals surface area contributed by atoms with Gasteiger partial charge in [0.1, 0.15) is 0 Å². The molecule has 118 valence electrons. The molecular formula is C15H35NO3. The molecule has 0 aliphatic carbocycles. The summed E-state index contributed by atoms with van der Waals surface area (Å²) in [7, 11) is 3.98. The second-order valence-corrected chi connectivity index (χ2v) is 5.59. The van der Waals surface area contributed by atoms with Crippen molar-refractivity contribution in [3.05, 3.63) is 0 Å². The van der Waals surface area contributed by atoms with Crippen LogP contribution in [-0.4, -0.2) is 48.8 Å². The first kappa shape index (κ1) is 23.5. The van der Waals surface area contributed by atoms with Gasteiger partial charge in [-0.25, -0.2) is 0 Å².